The Kier molecular flexibility index (Phi) is 9.72. The molecule has 24 heavy (non-hydrogen) atoms. The molecule has 2 rings (SSSR count). The second kappa shape index (κ2) is 11.0. The summed E-state index contributed by atoms with van der Waals surface area (Å²) in [5.41, 5.74) is 6.66. The van der Waals surface area contributed by atoms with Crippen LogP contribution in [-0.4, -0.2) is 55.4 Å². The largest absolute Gasteiger partial charge is 0.495 e. The molecule has 1 aliphatic rings. The van der Waals surface area contributed by atoms with Gasteiger partial charge in [-0.1, -0.05) is 11.6 Å². The molecule has 0 aromatic heterocycles. The number of aliphatic hydroxyl groups is 1. The number of nitrogens with two attached hydrogens (primary N) is 1. The predicted molar refractivity (Wildman–Crippen MR) is 110 cm³/mol. The van der Waals surface area contributed by atoms with Gasteiger partial charge in [-0.3, -0.25) is 4.99 Å². The number of piperidine rings is 1. The zero-order valence-corrected chi connectivity index (χ0v) is 17.0. The van der Waals surface area contributed by atoms with Crippen LogP contribution in [0.2, 0.25) is 5.02 Å². The fourth-order valence-corrected chi connectivity index (χ4v) is 2.83. The lowest BCUT2D eigenvalue weighted by Crippen LogP contribution is -2.36. The molecule has 0 bridgehead atoms. The first kappa shape index (κ1) is 21.3. The number of halogens is 2. The van der Waals surface area contributed by atoms with E-state index < -0.39 is 0 Å². The number of likely N-dealkylation sites (tertiary alicyclic amines) is 1. The first-order chi connectivity index (χ1) is 11.1. The molecule has 0 radical (unpaired) electrons. The highest BCUT2D eigenvalue weighted by Crippen LogP contribution is 2.26. The SMILES string of the molecule is COc1ccc(NC(N)=NCCCN2CCC(O)CC2)cc1Cl.I. The van der Waals surface area contributed by atoms with Crippen LogP contribution in [0.25, 0.3) is 0 Å². The molecule has 0 unspecified atom stereocenters. The maximum atomic E-state index is 9.47. The summed E-state index contributed by atoms with van der Waals surface area (Å²) in [7, 11) is 1.58. The number of aliphatic hydroxyl groups excluding tert-OH is 1. The molecule has 0 saturated carbocycles. The third-order valence-electron chi connectivity index (χ3n) is 3.90. The van der Waals surface area contributed by atoms with Crippen LogP contribution < -0.4 is 15.8 Å². The lowest BCUT2D eigenvalue weighted by molar-refractivity contribution is 0.0824. The standard InChI is InChI=1S/C16H25ClN4O2.HI/c1-23-15-4-3-12(11-14(15)17)20-16(18)19-7-2-8-21-9-5-13(22)6-10-21;/h3-4,11,13,22H,2,5-10H2,1H3,(H3,18,19,20);1H. The fourth-order valence-electron chi connectivity index (χ4n) is 2.57. The monoisotopic (exact) mass is 468 g/mol. The molecule has 4 N–H and O–H groups in total. The van der Waals surface area contributed by atoms with Gasteiger partial charge in [0.25, 0.3) is 0 Å². The van der Waals surface area contributed by atoms with Crippen LogP contribution in [0.4, 0.5) is 5.69 Å². The molecule has 136 valence electrons. The van der Waals surface area contributed by atoms with Gasteiger partial charge in [0.1, 0.15) is 5.75 Å². The lowest BCUT2D eigenvalue weighted by atomic mass is 10.1. The molecule has 1 heterocycles. The Bertz CT molecular complexity index is 537. The quantitative estimate of drug-likeness (QED) is 0.259. The number of ether oxygens (including phenoxy) is 1. The molecule has 6 nitrogen and oxygen atoms in total. The minimum atomic E-state index is -0.125. The molecule has 0 atom stereocenters. The van der Waals surface area contributed by atoms with Crippen molar-refractivity contribution in [3.05, 3.63) is 23.2 Å². The van der Waals surface area contributed by atoms with Crippen LogP contribution in [-0.2, 0) is 0 Å². The van der Waals surface area contributed by atoms with Crippen molar-refractivity contribution in [3.63, 3.8) is 0 Å². The van der Waals surface area contributed by atoms with Gasteiger partial charge < -0.3 is 25.8 Å². The van der Waals surface area contributed by atoms with E-state index >= 15 is 0 Å². The summed E-state index contributed by atoms with van der Waals surface area (Å²) in [6, 6.07) is 5.37. The summed E-state index contributed by atoms with van der Waals surface area (Å²) in [5, 5.41) is 13.0. The third-order valence-corrected chi connectivity index (χ3v) is 4.19. The molecule has 0 amide bonds. The summed E-state index contributed by atoms with van der Waals surface area (Å²) >= 11 is 6.07. The van der Waals surface area contributed by atoms with E-state index in [9.17, 15) is 5.11 Å². The van der Waals surface area contributed by atoms with Crippen LogP contribution in [0.5, 0.6) is 5.75 Å². The van der Waals surface area contributed by atoms with Crippen LogP contribution in [0.3, 0.4) is 0 Å². The van der Waals surface area contributed by atoms with E-state index in [1.54, 1.807) is 19.2 Å². The van der Waals surface area contributed by atoms with Gasteiger partial charge in [-0.15, -0.1) is 24.0 Å². The Morgan fingerprint density at radius 1 is 1.46 bits per heavy atom. The van der Waals surface area contributed by atoms with E-state index in [2.05, 4.69) is 15.2 Å². The first-order valence-electron chi connectivity index (χ1n) is 7.89. The van der Waals surface area contributed by atoms with E-state index in [0.717, 1.165) is 44.6 Å². The number of aliphatic imine (C=N–C) groups is 1. The summed E-state index contributed by atoms with van der Waals surface area (Å²) in [6.45, 7) is 3.57. The molecule has 1 aliphatic heterocycles. The number of methoxy groups -OCH3 is 1. The van der Waals surface area contributed by atoms with Crippen LogP contribution in [0, 0.1) is 0 Å². The zero-order chi connectivity index (χ0) is 16.7. The van der Waals surface area contributed by atoms with Crippen LogP contribution >= 0.6 is 35.6 Å². The highest BCUT2D eigenvalue weighted by molar-refractivity contribution is 14.0. The number of benzene rings is 1. The maximum absolute atomic E-state index is 9.47. The zero-order valence-electron chi connectivity index (χ0n) is 13.9. The average molecular weight is 469 g/mol. The normalized spacial score (nSPS) is 16.5. The Labute approximate surface area is 165 Å². The van der Waals surface area contributed by atoms with Gasteiger partial charge in [-0.2, -0.15) is 0 Å². The topological polar surface area (TPSA) is 83.1 Å². The number of nitrogens with one attached hydrogen (secondary N) is 1. The van der Waals surface area contributed by atoms with Crippen molar-refractivity contribution < 1.29 is 9.84 Å². The first-order valence-corrected chi connectivity index (χ1v) is 8.27. The molecule has 8 heteroatoms. The maximum Gasteiger partial charge on any atom is 0.193 e. The van der Waals surface area contributed by atoms with Gasteiger partial charge in [-0.25, -0.2) is 0 Å². The van der Waals surface area contributed by atoms with Gasteiger partial charge in [0.05, 0.1) is 18.2 Å². The highest BCUT2D eigenvalue weighted by atomic mass is 127. The van der Waals surface area contributed by atoms with E-state index in [4.69, 9.17) is 22.1 Å². The highest BCUT2D eigenvalue weighted by Gasteiger charge is 2.15. The molecule has 1 fully saturated rings. The smallest absolute Gasteiger partial charge is 0.193 e. The minimum absolute atomic E-state index is 0. The van der Waals surface area contributed by atoms with Gasteiger partial charge >= 0.3 is 0 Å². The van der Waals surface area contributed by atoms with Crippen molar-refractivity contribution in [1.82, 2.24) is 4.90 Å². The van der Waals surface area contributed by atoms with E-state index in [1.165, 1.54) is 0 Å². The van der Waals surface area contributed by atoms with Crippen molar-refractivity contribution in [2.24, 2.45) is 10.7 Å². The van der Waals surface area contributed by atoms with E-state index in [1.807, 2.05) is 6.07 Å². The van der Waals surface area contributed by atoms with Crippen molar-refractivity contribution in [3.8, 4) is 5.75 Å². The predicted octanol–water partition coefficient (Wildman–Crippen LogP) is 2.54. The Hall–Kier alpha value is -0.770. The summed E-state index contributed by atoms with van der Waals surface area (Å²) < 4.78 is 5.11. The van der Waals surface area contributed by atoms with Gasteiger partial charge in [-0.05, 0) is 44.0 Å². The van der Waals surface area contributed by atoms with Crippen molar-refractivity contribution in [2.75, 3.05) is 38.6 Å². The van der Waals surface area contributed by atoms with E-state index in [-0.39, 0.29) is 30.1 Å². The minimum Gasteiger partial charge on any atom is -0.495 e. The molecule has 0 aliphatic carbocycles. The second-order valence-corrected chi connectivity index (χ2v) is 6.07. The lowest BCUT2D eigenvalue weighted by Gasteiger charge is -2.29. The summed E-state index contributed by atoms with van der Waals surface area (Å²) in [4.78, 5) is 6.68. The molecule has 1 saturated heterocycles. The summed E-state index contributed by atoms with van der Waals surface area (Å²) in [5.74, 6) is 1.000. The van der Waals surface area contributed by atoms with Crippen molar-refractivity contribution >= 4 is 47.2 Å². The van der Waals surface area contributed by atoms with Crippen LogP contribution in [0.1, 0.15) is 19.3 Å². The number of nitrogens with zero attached hydrogens (tertiary/aromatic N) is 2. The summed E-state index contributed by atoms with van der Waals surface area (Å²) in [6.07, 6.45) is 2.55. The number of hydrogen-bond donors (Lipinski definition) is 3. The number of hydrogen-bond acceptors (Lipinski definition) is 4. The number of guanidine groups is 1. The van der Waals surface area contributed by atoms with Gasteiger partial charge in [0.2, 0.25) is 0 Å². The molecular formula is C16H26ClIN4O2. The van der Waals surface area contributed by atoms with Crippen LogP contribution in [0.15, 0.2) is 23.2 Å². The van der Waals surface area contributed by atoms with Gasteiger partial charge in [0.15, 0.2) is 5.96 Å². The number of rotatable bonds is 6. The number of anilines is 1. The Balaban J connectivity index is 0.00000288. The molecule has 1 aromatic carbocycles. The van der Waals surface area contributed by atoms with E-state index in [0.29, 0.717) is 23.3 Å². The Morgan fingerprint density at radius 2 is 2.17 bits per heavy atom. The average Bonchev–Trinajstić information content (AvgIpc) is 2.53. The fraction of sp³-hybridized carbons (Fsp3) is 0.562. The molecule has 1 aromatic rings. The van der Waals surface area contributed by atoms with Gasteiger partial charge in [0, 0.05) is 25.3 Å². The van der Waals surface area contributed by atoms with Crippen molar-refractivity contribution in [2.45, 2.75) is 25.4 Å². The third kappa shape index (κ3) is 7.00. The molecular weight excluding hydrogens is 443 g/mol. The Morgan fingerprint density at radius 3 is 2.79 bits per heavy atom. The molecule has 0 spiro atoms. The second-order valence-electron chi connectivity index (χ2n) is 5.67. The van der Waals surface area contributed by atoms with Crippen molar-refractivity contribution in [1.29, 1.82) is 0 Å².